The number of ketones is 1. The van der Waals surface area contributed by atoms with Crippen molar-refractivity contribution in [2.24, 2.45) is 5.73 Å². The molecular weight excluding hydrogens is 256 g/mol. The number of carbonyl (C=O) groups excluding carboxylic acids is 2. The fraction of sp³-hybridized carbons (Fsp3) is 0.133. The van der Waals surface area contributed by atoms with Gasteiger partial charge in [0.1, 0.15) is 12.4 Å². The van der Waals surface area contributed by atoms with Gasteiger partial charge in [0.2, 0.25) is 5.91 Å². The lowest BCUT2D eigenvalue weighted by Gasteiger charge is -2.07. The van der Waals surface area contributed by atoms with E-state index in [0.29, 0.717) is 16.9 Å². The van der Waals surface area contributed by atoms with Gasteiger partial charge in [0.25, 0.3) is 0 Å². The lowest BCUT2D eigenvalue weighted by atomic mass is 10.1. The summed E-state index contributed by atoms with van der Waals surface area (Å²) in [4.78, 5) is 26.3. The Morgan fingerprint density at radius 1 is 1.20 bits per heavy atom. The standard InChI is InChI=1S/C15H14N2O3/c1-10(18)12-3-2-4-14(6-12)20-9-11-5-13(15(16)19)8-17-7-11/h2-8H,9H2,1H3,(H2,16,19). The van der Waals surface area contributed by atoms with Crippen LogP contribution in [0.2, 0.25) is 0 Å². The Morgan fingerprint density at radius 3 is 2.70 bits per heavy atom. The van der Waals surface area contributed by atoms with Gasteiger partial charge in [0, 0.05) is 23.5 Å². The van der Waals surface area contributed by atoms with Crippen LogP contribution in [0.15, 0.2) is 42.7 Å². The van der Waals surface area contributed by atoms with Crippen LogP contribution in [-0.2, 0) is 6.61 Å². The average molecular weight is 270 g/mol. The topological polar surface area (TPSA) is 82.3 Å². The summed E-state index contributed by atoms with van der Waals surface area (Å²) in [5.74, 6) is 0.0351. The van der Waals surface area contributed by atoms with Crippen molar-refractivity contribution >= 4 is 11.7 Å². The minimum atomic E-state index is -0.530. The molecule has 0 fully saturated rings. The van der Waals surface area contributed by atoms with Crippen molar-refractivity contribution in [3.05, 3.63) is 59.4 Å². The highest BCUT2D eigenvalue weighted by Crippen LogP contribution is 2.15. The number of ether oxygens (including phenoxy) is 1. The number of benzene rings is 1. The number of pyridine rings is 1. The zero-order valence-electron chi connectivity index (χ0n) is 11.0. The second-order valence-corrected chi connectivity index (χ2v) is 4.32. The fourth-order valence-electron chi connectivity index (χ4n) is 1.67. The lowest BCUT2D eigenvalue weighted by Crippen LogP contribution is -2.12. The zero-order valence-corrected chi connectivity index (χ0v) is 11.0. The third-order valence-corrected chi connectivity index (χ3v) is 2.73. The van der Waals surface area contributed by atoms with Gasteiger partial charge in [-0.15, -0.1) is 0 Å². The van der Waals surface area contributed by atoms with Crippen LogP contribution in [-0.4, -0.2) is 16.7 Å². The van der Waals surface area contributed by atoms with E-state index in [4.69, 9.17) is 10.5 Å². The molecule has 0 aliphatic heterocycles. The van der Waals surface area contributed by atoms with E-state index in [1.165, 1.54) is 13.1 Å². The van der Waals surface area contributed by atoms with Crippen LogP contribution in [0.4, 0.5) is 0 Å². The molecule has 0 saturated carbocycles. The summed E-state index contributed by atoms with van der Waals surface area (Å²) < 4.78 is 5.57. The first-order chi connectivity index (χ1) is 9.56. The Hall–Kier alpha value is -2.69. The van der Waals surface area contributed by atoms with Crippen molar-refractivity contribution in [2.45, 2.75) is 13.5 Å². The van der Waals surface area contributed by atoms with Crippen LogP contribution in [0.25, 0.3) is 0 Å². The van der Waals surface area contributed by atoms with Gasteiger partial charge in [-0.1, -0.05) is 12.1 Å². The average Bonchev–Trinajstić information content (AvgIpc) is 2.45. The number of primary amides is 1. The minimum Gasteiger partial charge on any atom is -0.489 e. The summed E-state index contributed by atoms with van der Waals surface area (Å²) in [7, 11) is 0. The predicted molar refractivity (Wildman–Crippen MR) is 73.5 cm³/mol. The molecule has 0 saturated heterocycles. The third-order valence-electron chi connectivity index (χ3n) is 2.73. The summed E-state index contributed by atoms with van der Waals surface area (Å²) in [5, 5.41) is 0. The van der Waals surface area contributed by atoms with Gasteiger partial charge >= 0.3 is 0 Å². The van der Waals surface area contributed by atoms with Crippen molar-refractivity contribution < 1.29 is 14.3 Å². The van der Waals surface area contributed by atoms with E-state index in [2.05, 4.69) is 4.98 Å². The molecule has 2 N–H and O–H groups in total. The Balaban J connectivity index is 2.08. The molecule has 0 spiro atoms. The van der Waals surface area contributed by atoms with Crippen molar-refractivity contribution in [1.29, 1.82) is 0 Å². The van der Waals surface area contributed by atoms with Gasteiger partial charge in [-0.05, 0) is 25.1 Å². The number of hydrogen-bond acceptors (Lipinski definition) is 4. The lowest BCUT2D eigenvalue weighted by molar-refractivity contribution is 0.0995. The maximum atomic E-state index is 11.3. The third kappa shape index (κ3) is 3.41. The first-order valence-electron chi connectivity index (χ1n) is 6.04. The van der Waals surface area contributed by atoms with Crippen molar-refractivity contribution in [3.8, 4) is 5.75 Å². The largest absolute Gasteiger partial charge is 0.489 e. The van der Waals surface area contributed by atoms with E-state index in [-0.39, 0.29) is 12.4 Å². The van der Waals surface area contributed by atoms with E-state index >= 15 is 0 Å². The van der Waals surface area contributed by atoms with Crippen LogP contribution < -0.4 is 10.5 Å². The van der Waals surface area contributed by atoms with E-state index in [1.807, 2.05) is 0 Å². The number of Topliss-reactive ketones (excluding diaryl/α,β-unsaturated/α-hetero) is 1. The number of nitrogens with zero attached hydrogens (tertiary/aromatic N) is 1. The molecule has 1 aromatic carbocycles. The van der Waals surface area contributed by atoms with Crippen LogP contribution in [0.3, 0.4) is 0 Å². The second-order valence-electron chi connectivity index (χ2n) is 4.32. The summed E-state index contributed by atoms with van der Waals surface area (Å²) in [6.45, 7) is 1.74. The van der Waals surface area contributed by atoms with Crippen LogP contribution >= 0.6 is 0 Å². The van der Waals surface area contributed by atoms with E-state index < -0.39 is 5.91 Å². The molecule has 1 amide bonds. The molecular formula is C15H14N2O3. The molecule has 102 valence electrons. The summed E-state index contributed by atoms with van der Waals surface area (Å²) in [5.41, 5.74) is 6.84. The quantitative estimate of drug-likeness (QED) is 0.842. The number of amides is 1. The van der Waals surface area contributed by atoms with Crippen molar-refractivity contribution in [3.63, 3.8) is 0 Å². The first-order valence-corrected chi connectivity index (χ1v) is 6.04. The van der Waals surface area contributed by atoms with E-state index in [9.17, 15) is 9.59 Å². The molecule has 0 aliphatic rings. The van der Waals surface area contributed by atoms with Gasteiger partial charge in [0.05, 0.1) is 5.56 Å². The molecule has 0 bridgehead atoms. The van der Waals surface area contributed by atoms with Gasteiger partial charge in [0.15, 0.2) is 5.78 Å². The highest BCUT2D eigenvalue weighted by molar-refractivity contribution is 5.94. The number of aromatic nitrogens is 1. The molecule has 0 radical (unpaired) electrons. The first kappa shape index (κ1) is 13.7. The number of hydrogen-bond donors (Lipinski definition) is 1. The molecule has 20 heavy (non-hydrogen) atoms. The van der Waals surface area contributed by atoms with Crippen LogP contribution in [0.5, 0.6) is 5.75 Å². The van der Waals surface area contributed by atoms with Crippen LogP contribution in [0, 0.1) is 0 Å². The monoisotopic (exact) mass is 270 g/mol. The Morgan fingerprint density at radius 2 is 2.00 bits per heavy atom. The SMILES string of the molecule is CC(=O)c1cccc(OCc2cncc(C(N)=O)c2)c1. The maximum Gasteiger partial charge on any atom is 0.250 e. The smallest absolute Gasteiger partial charge is 0.250 e. The molecule has 2 rings (SSSR count). The Labute approximate surface area is 116 Å². The zero-order chi connectivity index (χ0) is 14.5. The number of carbonyl (C=O) groups is 2. The normalized spacial score (nSPS) is 10.1. The minimum absolute atomic E-state index is 0.0205. The van der Waals surface area contributed by atoms with Gasteiger partial charge < -0.3 is 10.5 Å². The van der Waals surface area contributed by atoms with Gasteiger partial charge in [-0.25, -0.2) is 0 Å². The highest BCUT2D eigenvalue weighted by Gasteiger charge is 2.04. The predicted octanol–water partition coefficient (Wildman–Crippen LogP) is 1.96. The van der Waals surface area contributed by atoms with Crippen molar-refractivity contribution in [2.75, 3.05) is 0 Å². The summed E-state index contributed by atoms with van der Waals surface area (Å²) >= 11 is 0. The van der Waals surface area contributed by atoms with Crippen LogP contribution in [0.1, 0.15) is 33.2 Å². The second kappa shape index (κ2) is 5.97. The maximum absolute atomic E-state index is 11.3. The van der Waals surface area contributed by atoms with E-state index in [1.54, 1.807) is 36.5 Å². The molecule has 1 aromatic heterocycles. The summed E-state index contributed by atoms with van der Waals surface area (Å²) in [6.07, 6.45) is 3.00. The Bertz CT molecular complexity index is 596. The molecule has 0 atom stereocenters. The number of rotatable bonds is 5. The Kier molecular flexibility index (Phi) is 4.10. The van der Waals surface area contributed by atoms with E-state index in [0.717, 1.165) is 5.56 Å². The highest BCUT2D eigenvalue weighted by atomic mass is 16.5. The molecule has 2 aromatic rings. The summed E-state index contributed by atoms with van der Waals surface area (Å²) in [6, 6.07) is 8.55. The van der Waals surface area contributed by atoms with Gasteiger partial charge in [-0.2, -0.15) is 0 Å². The fourth-order valence-corrected chi connectivity index (χ4v) is 1.67. The van der Waals surface area contributed by atoms with Crippen molar-refractivity contribution in [1.82, 2.24) is 4.98 Å². The molecule has 0 aliphatic carbocycles. The molecule has 5 nitrogen and oxygen atoms in total. The molecule has 0 unspecified atom stereocenters. The number of nitrogens with two attached hydrogens (primary N) is 1. The molecule has 5 heteroatoms. The molecule has 1 heterocycles. The van der Waals surface area contributed by atoms with Gasteiger partial charge in [-0.3, -0.25) is 14.6 Å².